The van der Waals surface area contributed by atoms with Gasteiger partial charge < -0.3 is 10.1 Å². The maximum atomic E-state index is 5.98. The SMILES string of the molecule is C[C@@H](NCC1Cc2ccccc2O1)C1CCCCC1. The Balaban J connectivity index is 1.46. The Morgan fingerprint density at radius 1 is 1.21 bits per heavy atom. The van der Waals surface area contributed by atoms with Crippen LogP contribution >= 0.6 is 0 Å². The first kappa shape index (κ1) is 13.0. The molecule has 0 radical (unpaired) electrons. The van der Waals surface area contributed by atoms with Crippen molar-refractivity contribution in [2.24, 2.45) is 5.92 Å². The lowest BCUT2D eigenvalue weighted by Gasteiger charge is -2.29. The van der Waals surface area contributed by atoms with Crippen LogP contribution in [0.15, 0.2) is 24.3 Å². The maximum Gasteiger partial charge on any atom is 0.123 e. The van der Waals surface area contributed by atoms with Crippen LogP contribution in [-0.2, 0) is 6.42 Å². The molecule has 2 nitrogen and oxygen atoms in total. The van der Waals surface area contributed by atoms with E-state index in [1.165, 1.54) is 37.7 Å². The molecule has 0 aromatic heterocycles. The second kappa shape index (κ2) is 5.96. The normalized spacial score (nSPS) is 24.8. The molecule has 0 spiro atoms. The van der Waals surface area contributed by atoms with E-state index in [-0.39, 0.29) is 0 Å². The lowest BCUT2D eigenvalue weighted by atomic mass is 9.84. The predicted octanol–water partition coefficient (Wildman–Crippen LogP) is 3.55. The first-order valence-corrected chi connectivity index (χ1v) is 7.81. The second-order valence-electron chi connectivity index (χ2n) is 6.15. The lowest BCUT2D eigenvalue weighted by Crippen LogP contribution is -2.40. The molecule has 3 rings (SSSR count). The van der Waals surface area contributed by atoms with Gasteiger partial charge in [0.25, 0.3) is 0 Å². The van der Waals surface area contributed by atoms with Crippen LogP contribution in [0.5, 0.6) is 5.75 Å². The monoisotopic (exact) mass is 259 g/mol. The molecule has 0 amide bonds. The molecule has 1 aliphatic heterocycles. The third kappa shape index (κ3) is 3.11. The first-order valence-electron chi connectivity index (χ1n) is 7.81. The van der Waals surface area contributed by atoms with Crippen LogP contribution in [0.25, 0.3) is 0 Å². The van der Waals surface area contributed by atoms with Gasteiger partial charge in [-0.2, -0.15) is 0 Å². The van der Waals surface area contributed by atoms with E-state index in [0.29, 0.717) is 12.1 Å². The molecule has 1 unspecified atom stereocenters. The molecule has 2 atom stereocenters. The summed E-state index contributed by atoms with van der Waals surface area (Å²) in [6, 6.07) is 9.05. The van der Waals surface area contributed by atoms with Crippen LogP contribution in [-0.4, -0.2) is 18.7 Å². The summed E-state index contributed by atoms with van der Waals surface area (Å²) in [4.78, 5) is 0. The van der Waals surface area contributed by atoms with Crippen molar-refractivity contribution in [2.75, 3.05) is 6.54 Å². The van der Waals surface area contributed by atoms with E-state index in [4.69, 9.17) is 4.74 Å². The van der Waals surface area contributed by atoms with E-state index in [0.717, 1.165) is 24.6 Å². The largest absolute Gasteiger partial charge is 0.488 e. The molecule has 0 saturated heterocycles. The van der Waals surface area contributed by atoms with Gasteiger partial charge in [0.2, 0.25) is 0 Å². The predicted molar refractivity (Wildman–Crippen MR) is 78.6 cm³/mol. The highest BCUT2D eigenvalue weighted by atomic mass is 16.5. The Kier molecular flexibility index (Phi) is 4.07. The number of ether oxygens (including phenoxy) is 1. The first-order chi connectivity index (χ1) is 9.33. The summed E-state index contributed by atoms with van der Waals surface area (Å²) in [6.07, 6.45) is 8.46. The average Bonchev–Trinajstić information content (AvgIpc) is 2.88. The molecule has 1 fully saturated rings. The van der Waals surface area contributed by atoms with E-state index in [1.807, 2.05) is 0 Å². The summed E-state index contributed by atoms with van der Waals surface area (Å²) in [6.45, 7) is 3.32. The number of hydrogen-bond donors (Lipinski definition) is 1. The van der Waals surface area contributed by atoms with Crippen molar-refractivity contribution in [3.63, 3.8) is 0 Å². The summed E-state index contributed by atoms with van der Waals surface area (Å²) in [7, 11) is 0. The minimum absolute atomic E-state index is 0.323. The smallest absolute Gasteiger partial charge is 0.123 e. The molecule has 1 aromatic rings. The Morgan fingerprint density at radius 2 is 2.00 bits per heavy atom. The molecular formula is C17H25NO. The molecule has 1 aromatic carbocycles. The number of nitrogens with one attached hydrogen (secondary N) is 1. The second-order valence-corrected chi connectivity index (χ2v) is 6.15. The van der Waals surface area contributed by atoms with Crippen LogP contribution in [0.3, 0.4) is 0 Å². The number of benzene rings is 1. The third-order valence-electron chi connectivity index (χ3n) is 4.74. The van der Waals surface area contributed by atoms with E-state index >= 15 is 0 Å². The van der Waals surface area contributed by atoms with E-state index in [1.54, 1.807) is 0 Å². The topological polar surface area (TPSA) is 21.3 Å². The van der Waals surface area contributed by atoms with Crippen LogP contribution in [0.2, 0.25) is 0 Å². The van der Waals surface area contributed by atoms with Gasteiger partial charge in [0, 0.05) is 19.0 Å². The van der Waals surface area contributed by atoms with Gasteiger partial charge in [-0.15, -0.1) is 0 Å². The Bertz CT molecular complexity index is 386. The van der Waals surface area contributed by atoms with Gasteiger partial charge in [0.15, 0.2) is 0 Å². The van der Waals surface area contributed by atoms with Gasteiger partial charge in [-0.3, -0.25) is 0 Å². The van der Waals surface area contributed by atoms with Crippen LogP contribution < -0.4 is 10.1 Å². The molecule has 1 N–H and O–H groups in total. The minimum Gasteiger partial charge on any atom is -0.488 e. The van der Waals surface area contributed by atoms with Crippen molar-refractivity contribution in [3.8, 4) is 5.75 Å². The Morgan fingerprint density at radius 3 is 2.79 bits per heavy atom. The summed E-state index contributed by atoms with van der Waals surface area (Å²) in [5.41, 5.74) is 1.36. The fraction of sp³-hybridized carbons (Fsp3) is 0.647. The summed E-state index contributed by atoms with van der Waals surface area (Å²) >= 11 is 0. The highest BCUT2D eigenvalue weighted by Gasteiger charge is 2.24. The number of para-hydroxylation sites is 1. The minimum atomic E-state index is 0.323. The Hall–Kier alpha value is -1.02. The molecule has 1 heterocycles. The van der Waals surface area contributed by atoms with Crippen molar-refractivity contribution >= 4 is 0 Å². The molecule has 1 aliphatic carbocycles. The summed E-state index contributed by atoms with van der Waals surface area (Å²) < 4.78 is 5.98. The maximum absolute atomic E-state index is 5.98. The molecule has 2 heteroatoms. The van der Waals surface area contributed by atoms with Gasteiger partial charge in [-0.25, -0.2) is 0 Å². The van der Waals surface area contributed by atoms with Crippen LogP contribution in [0, 0.1) is 5.92 Å². The van der Waals surface area contributed by atoms with Crippen LogP contribution in [0.1, 0.15) is 44.6 Å². The highest BCUT2D eigenvalue weighted by molar-refractivity contribution is 5.37. The van der Waals surface area contributed by atoms with Crippen molar-refractivity contribution in [1.82, 2.24) is 5.32 Å². The number of rotatable bonds is 4. The molecule has 0 bridgehead atoms. The number of hydrogen-bond acceptors (Lipinski definition) is 2. The highest BCUT2D eigenvalue weighted by Crippen LogP contribution is 2.29. The van der Waals surface area contributed by atoms with Crippen molar-refractivity contribution in [1.29, 1.82) is 0 Å². The van der Waals surface area contributed by atoms with E-state index < -0.39 is 0 Å². The summed E-state index contributed by atoms with van der Waals surface area (Å²) in [5, 5.41) is 3.70. The zero-order chi connectivity index (χ0) is 13.1. The molecule has 104 valence electrons. The van der Waals surface area contributed by atoms with Crippen molar-refractivity contribution in [3.05, 3.63) is 29.8 Å². The zero-order valence-corrected chi connectivity index (χ0v) is 11.9. The standard InChI is InChI=1S/C17H25NO/c1-13(14-7-3-2-4-8-14)18-12-16-11-15-9-5-6-10-17(15)19-16/h5-6,9-10,13-14,16,18H,2-4,7-8,11-12H2,1H3/t13-,16?/m1/s1. The van der Waals surface area contributed by atoms with E-state index in [2.05, 4.69) is 36.5 Å². The Labute approximate surface area is 116 Å². The van der Waals surface area contributed by atoms with E-state index in [9.17, 15) is 0 Å². The van der Waals surface area contributed by atoms with Gasteiger partial charge in [-0.05, 0) is 37.3 Å². The van der Waals surface area contributed by atoms with Crippen molar-refractivity contribution in [2.45, 2.75) is 57.6 Å². The van der Waals surface area contributed by atoms with Gasteiger partial charge in [0.05, 0.1) is 0 Å². The fourth-order valence-electron chi connectivity index (χ4n) is 3.49. The quantitative estimate of drug-likeness (QED) is 0.893. The van der Waals surface area contributed by atoms with Gasteiger partial charge >= 0.3 is 0 Å². The summed E-state index contributed by atoms with van der Waals surface area (Å²) in [5.74, 6) is 1.96. The van der Waals surface area contributed by atoms with Gasteiger partial charge in [-0.1, -0.05) is 37.5 Å². The van der Waals surface area contributed by atoms with Crippen LogP contribution in [0.4, 0.5) is 0 Å². The molecule has 19 heavy (non-hydrogen) atoms. The lowest BCUT2D eigenvalue weighted by molar-refractivity contribution is 0.204. The number of fused-ring (bicyclic) bond motifs is 1. The molecule has 2 aliphatic rings. The fourth-order valence-corrected chi connectivity index (χ4v) is 3.49. The average molecular weight is 259 g/mol. The van der Waals surface area contributed by atoms with Gasteiger partial charge in [0.1, 0.15) is 11.9 Å². The van der Waals surface area contributed by atoms with Crippen molar-refractivity contribution < 1.29 is 4.74 Å². The zero-order valence-electron chi connectivity index (χ0n) is 11.9. The molecule has 1 saturated carbocycles. The third-order valence-corrected chi connectivity index (χ3v) is 4.74. The molecular weight excluding hydrogens is 234 g/mol.